The van der Waals surface area contributed by atoms with Crippen LogP contribution in [0.25, 0.3) is 0 Å². The highest BCUT2D eigenvalue weighted by Gasteiger charge is 2.17. The monoisotopic (exact) mass is 252 g/mol. The molecule has 17 heavy (non-hydrogen) atoms. The summed E-state index contributed by atoms with van der Waals surface area (Å²) in [4.78, 5) is 0. The van der Waals surface area contributed by atoms with E-state index in [0.717, 1.165) is 0 Å². The third kappa shape index (κ3) is 3.00. The van der Waals surface area contributed by atoms with Gasteiger partial charge in [-0.2, -0.15) is 11.8 Å². The zero-order chi connectivity index (χ0) is 12.3. The fraction of sp³-hybridized carbons (Fsp3) is 0.462. The molecule has 1 saturated carbocycles. The predicted octanol–water partition coefficient (Wildman–Crippen LogP) is 3.29. The Bertz CT molecular complexity index is 414. The van der Waals surface area contributed by atoms with Crippen LogP contribution in [-0.2, 0) is 5.75 Å². The quantitative estimate of drug-likeness (QED) is 0.638. The molecule has 0 saturated heterocycles. The Morgan fingerprint density at radius 1 is 1.41 bits per heavy atom. The Morgan fingerprint density at radius 2 is 2.12 bits per heavy atom. The number of nitrogens with two attached hydrogens (primary N) is 1. The minimum absolute atomic E-state index is 0.199. The van der Waals surface area contributed by atoms with Crippen molar-refractivity contribution in [1.29, 1.82) is 5.41 Å². The van der Waals surface area contributed by atoms with Gasteiger partial charge in [-0.1, -0.05) is 25.0 Å². The molecular weight excluding hydrogens is 235 g/mol. The van der Waals surface area contributed by atoms with E-state index in [1.54, 1.807) is 18.2 Å². The van der Waals surface area contributed by atoms with Gasteiger partial charge in [0.15, 0.2) is 0 Å². The van der Waals surface area contributed by atoms with Gasteiger partial charge in [-0.3, -0.25) is 5.41 Å². The van der Waals surface area contributed by atoms with Crippen LogP contribution in [0.15, 0.2) is 18.2 Å². The number of halogens is 1. The van der Waals surface area contributed by atoms with E-state index in [9.17, 15) is 4.39 Å². The number of benzene rings is 1. The molecule has 0 radical (unpaired) electrons. The van der Waals surface area contributed by atoms with Crippen LogP contribution in [0.3, 0.4) is 0 Å². The van der Waals surface area contributed by atoms with Gasteiger partial charge in [-0.25, -0.2) is 4.39 Å². The summed E-state index contributed by atoms with van der Waals surface area (Å²) in [6.07, 6.45) is 5.10. The van der Waals surface area contributed by atoms with Crippen molar-refractivity contribution in [3.05, 3.63) is 35.1 Å². The van der Waals surface area contributed by atoms with E-state index in [1.807, 2.05) is 11.8 Å². The summed E-state index contributed by atoms with van der Waals surface area (Å²) in [7, 11) is 0. The summed E-state index contributed by atoms with van der Waals surface area (Å²) >= 11 is 1.82. The lowest BCUT2D eigenvalue weighted by atomic mass is 10.1. The van der Waals surface area contributed by atoms with Gasteiger partial charge in [-0.05, 0) is 24.5 Å². The molecule has 3 N–H and O–H groups in total. The van der Waals surface area contributed by atoms with Crippen LogP contribution in [0.2, 0.25) is 0 Å². The summed E-state index contributed by atoms with van der Waals surface area (Å²) in [5, 5.41) is 7.98. The number of amidine groups is 1. The molecule has 0 heterocycles. The lowest BCUT2D eigenvalue weighted by Gasteiger charge is -2.10. The van der Waals surface area contributed by atoms with Gasteiger partial charge in [0, 0.05) is 11.0 Å². The highest BCUT2D eigenvalue weighted by Crippen LogP contribution is 2.32. The van der Waals surface area contributed by atoms with Crippen molar-refractivity contribution in [2.75, 3.05) is 0 Å². The molecule has 0 bridgehead atoms. The molecule has 0 unspecified atom stereocenters. The summed E-state index contributed by atoms with van der Waals surface area (Å²) in [6, 6.07) is 5.11. The van der Waals surface area contributed by atoms with Crippen LogP contribution < -0.4 is 5.73 Å². The number of rotatable bonds is 4. The minimum Gasteiger partial charge on any atom is -0.384 e. The fourth-order valence-corrected chi connectivity index (χ4v) is 3.47. The van der Waals surface area contributed by atoms with Gasteiger partial charge in [0.05, 0.1) is 5.56 Å². The first-order valence-corrected chi connectivity index (χ1v) is 6.96. The Labute approximate surface area is 105 Å². The van der Waals surface area contributed by atoms with E-state index < -0.39 is 0 Å². The van der Waals surface area contributed by atoms with Crippen molar-refractivity contribution < 1.29 is 4.39 Å². The first-order valence-electron chi connectivity index (χ1n) is 5.92. The molecule has 2 nitrogen and oxygen atoms in total. The van der Waals surface area contributed by atoms with Crippen molar-refractivity contribution in [2.45, 2.75) is 36.7 Å². The van der Waals surface area contributed by atoms with Crippen LogP contribution in [0.4, 0.5) is 4.39 Å². The summed E-state index contributed by atoms with van der Waals surface area (Å²) in [5.41, 5.74) is 6.22. The van der Waals surface area contributed by atoms with Crippen molar-refractivity contribution in [2.24, 2.45) is 5.73 Å². The Kier molecular flexibility index (Phi) is 4.05. The molecule has 1 aromatic carbocycles. The zero-order valence-corrected chi connectivity index (χ0v) is 10.5. The lowest BCUT2D eigenvalue weighted by Crippen LogP contribution is -2.14. The number of hydrogen-bond donors (Lipinski definition) is 2. The number of hydrogen-bond acceptors (Lipinski definition) is 2. The molecule has 0 spiro atoms. The second-order valence-corrected chi connectivity index (χ2v) is 5.70. The topological polar surface area (TPSA) is 49.9 Å². The van der Waals surface area contributed by atoms with E-state index in [-0.39, 0.29) is 17.2 Å². The molecule has 0 aromatic heterocycles. The molecule has 1 aliphatic rings. The van der Waals surface area contributed by atoms with Crippen molar-refractivity contribution in [1.82, 2.24) is 0 Å². The molecule has 1 aromatic rings. The maximum Gasteiger partial charge on any atom is 0.138 e. The average molecular weight is 252 g/mol. The van der Waals surface area contributed by atoms with Crippen molar-refractivity contribution >= 4 is 17.6 Å². The molecular formula is C13H17FN2S. The number of nitrogens with one attached hydrogen (secondary N) is 1. The molecule has 4 heteroatoms. The number of thioether (sulfide) groups is 1. The Morgan fingerprint density at radius 3 is 2.76 bits per heavy atom. The summed E-state index contributed by atoms with van der Waals surface area (Å²) in [6.45, 7) is 0. The van der Waals surface area contributed by atoms with Gasteiger partial charge in [-0.15, -0.1) is 0 Å². The molecule has 2 rings (SSSR count). The maximum atomic E-state index is 14.0. The van der Waals surface area contributed by atoms with E-state index in [4.69, 9.17) is 11.1 Å². The largest absolute Gasteiger partial charge is 0.384 e. The third-order valence-corrected chi connectivity index (χ3v) is 4.57. The molecule has 0 amide bonds. The van der Waals surface area contributed by atoms with E-state index >= 15 is 0 Å². The second kappa shape index (κ2) is 5.54. The molecule has 1 fully saturated rings. The van der Waals surface area contributed by atoms with Crippen LogP contribution in [0, 0.1) is 11.2 Å². The van der Waals surface area contributed by atoms with Gasteiger partial charge >= 0.3 is 0 Å². The molecule has 92 valence electrons. The highest BCUT2D eigenvalue weighted by atomic mass is 32.2. The fourth-order valence-electron chi connectivity index (χ4n) is 2.16. The number of nitrogen functional groups attached to an aromatic ring is 1. The minimum atomic E-state index is -0.328. The first kappa shape index (κ1) is 12.4. The van der Waals surface area contributed by atoms with E-state index in [0.29, 0.717) is 16.6 Å². The van der Waals surface area contributed by atoms with Gasteiger partial charge in [0.2, 0.25) is 0 Å². The molecule has 0 atom stereocenters. The highest BCUT2D eigenvalue weighted by molar-refractivity contribution is 7.99. The van der Waals surface area contributed by atoms with E-state index in [1.165, 1.54) is 25.7 Å². The Hall–Kier alpha value is -1.03. The normalized spacial score (nSPS) is 16.3. The lowest BCUT2D eigenvalue weighted by molar-refractivity contribution is 0.614. The van der Waals surface area contributed by atoms with E-state index in [2.05, 4.69) is 0 Å². The van der Waals surface area contributed by atoms with Crippen molar-refractivity contribution in [3.8, 4) is 0 Å². The van der Waals surface area contributed by atoms with Crippen molar-refractivity contribution in [3.63, 3.8) is 0 Å². The molecule has 1 aliphatic carbocycles. The van der Waals surface area contributed by atoms with Gasteiger partial charge in [0.1, 0.15) is 11.7 Å². The smallest absolute Gasteiger partial charge is 0.138 e. The SMILES string of the molecule is N=C(N)c1cccc(CSC2CCCC2)c1F. The summed E-state index contributed by atoms with van der Waals surface area (Å²) < 4.78 is 14.0. The predicted molar refractivity (Wildman–Crippen MR) is 71.0 cm³/mol. The second-order valence-electron chi connectivity index (χ2n) is 4.41. The standard InChI is InChI=1S/C13H17FN2S/c14-12-9(4-3-7-11(12)13(15)16)8-17-10-5-1-2-6-10/h3-4,7,10H,1-2,5-6,8H2,(H3,15,16). The maximum absolute atomic E-state index is 14.0. The molecule has 0 aliphatic heterocycles. The van der Waals surface area contributed by atoms with Crippen LogP contribution in [-0.4, -0.2) is 11.1 Å². The van der Waals surface area contributed by atoms with Crippen LogP contribution in [0.5, 0.6) is 0 Å². The third-order valence-electron chi connectivity index (χ3n) is 3.15. The zero-order valence-electron chi connectivity index (χ0n) is 9.71. The first-order chi connectivity index (χ1) is 8.18. The van der Waals surface area contributed by atoms with Crippen LogP contribution in [0.1, 0.15) is 36.8 Å². The average Bonchev–Trinajstić information content (AvgIpc) is 2.80. The van der Waals surface area contributed by atoms with Crippen LogP contribution >= 0.6 is 11.8 Å². The van der Waals surface area contributed by atoms with Gasteiger partial charge < -0.3 is 5.73 Å². The van der Waals surface area contributed by atoms with Gasteiger partial charge in [0.25, 0.3) is 0 Å². The Balaban J connectivity index is 2.04. The summed E-state index contributed by atoms with van der Waals surface area (Å²) in [5.74, 6) is 0.151.